The minimum Gasteiger partial charge on any atom is -0.394 e. The van der Waals surface area contributed by atoms with Crippen LogP contribution in [0.3, 0.4) is 0 Å². The lowest BCUT2D eigenvalue weighted by Crippen LogP contribution is -2.46. The number of primary sulfonamides is 1. The van der Waals surface area contributed by atoms with Crippen LogP contribution in [0.4, 0.5) is 0 Å². The molecule has 0 saturated carbocycles. The third-order valence-corrected chi connectivity index (χ3v) is 3.98. The highest BCUT2D eigenvalue weighted by Crippen LogP contribution is 2.20. The minimum atomic E-state index is -3.76. The van der Waals surface area contributed by atoms with Crippen LogP contribution in [0.25, 0.3) is 0 Å². The third-order valence-electron chi connectivity index (χ3n) is 2.73. The molecule has 1 unspecified atom stereocenters. The van der Waals surface area contributed by atoms with Gasteiger partial charge < -0.3 is 15.1 Å². The zero-order chi connectivity index (χ0) is 12.5. The first-order valence-corrected chi connectivity index (χ1v) is 6.48. The van der Waals surface area contributed by atoms with Crippen molar-refractivity contribution >= 4 is 15.9 Å². The second-order valence-corrected chi connectivity index (χ2v) is 5.80. The van der Waals surface area contributed by atoms with Gasteiger partial charge in [-0.1, -0.05) is 0 Å². The molecule has 0 aromatic carbocycles. The fourth-order valence-electron chi connectivity index (χ4n) is 1.75. The Hall–Kier alpha value is -0.700. The van der Waals surface area contributed by atoms with Crippen LogP contribution in [0.2, 0.25) is 0 Å². The van der Waals surface area contributed by atoms with Crippen molar-refractivity contribution in [3.63, 3.8) is 0 Å². The van der Waals surface area contributed by atoms with Gasteiger partial charge in [-0.05, 0) is 6.92 Å². The molecule has 1 rings (SSSR count). The molecule has 1 fully saturated rings. The van der Waals surface area contributed by atoms with E-state index < -0.39 is 39.9 Å². The maximum Gasteiger partial charge on any atom is 0.224 e. The Morgan fingerprint density at radius 1 is 1.62 bits per heavy atom. The Morgan fingerprint density at radius 2 is 2.19 bits per heavy atom. The summed E-state index contributed by atoms with van der Waals surface area (Å²) in [6.07, 6.45) is -1.12. The largest absolute Gasteiger partial charge is 0.394 e. The van der Waals surface area contributed by atoms with Gasteiger partial charge in [-0.3, -0.25) is 4.79 Å². The first-order chi connectivity index (χ1) is 7.27. The van der Waals surface area contributed by atoms with Crippen LogP contribution >= 0.6 is 0 Å². The van der Waals surface area contributed by atoms with Gasteiger partial charge in [0.15, 0.2) is 0 Å². The molecule has 0 aromatic heterocycles. The molecular formula is C8H16N2O5S. The smallest absolute Gasteiger partial charge is 0.224 e. The van der Waals surface area contributed by atoms with Gasteiger partial charge in [-0.25, -0.2) is 13.6 Å². The van der Waals surface area contributed by atoms with Crippen LogP contribution in [-0.4, -0.2) is 60.0 Å². The number of aliphatic hydroxyl groups is 2. The molecule has 1 amide bonds. The number of aliphatic hydroxyl groups excluding tert-OH is 2. The van der Waals surface area contributed by atoms with E-state index in [0.717, 1.165) is 0 Å². The summed E-state index contributed by atoms with van der Waals surface area (Å²) in [6.45, 7) is 0.937. The molecule has 4 N–H and O–H groups in total. The number of amides is 1. The molecule has 0 bridgehead atoms. The van der Waals surface area contributed by atoms with Crippen molar-refractivity contribution in [1.82, 2.24) is 4.90 Å². The lowest BCUT2D eigenvalue weighted by atomic mass is 10.2. The number of rotatable bonds is 4. The summed E-state index contributed by atoms with van der Waals surface area (Å²) in [5, 5.41) is 22.4. The second-order valence-electron chi connectivity index (χ2n) is 3.95. The summed E-state index contributed by atoms with van der Waals surface area (Å²) in [4.78, 5) is 12.7. The number of likely N-dealkylation sites (tertiary alicyclic amines) is 1. The Kier molecular flexibility index (Phi) is 3.89. The third kappa shape index (κ3) is 2.70. The Labute approximate surface area is 93.9 Å². The van der Waals surface area contributed by atoms with Crippen molar-refractivity contribution in [3.05, 3.63) is 0 Å². The van der Waals surface area contributed by atoms with Crippen LogP contribution in [0.5, 0.6) is 0 Å². The molecule has 1 heterocycles. The summed E-state index contributed by atoms with van der Waals surface area (Å²) in [7, 11) is -3.76. The van der Waals surface area contributed by atoms with Crippen LogP contribution in [-0.2, 0) is 14.8 Å². The maximum absolute atomic E-state index is 11.5. The average molecular weight is 252 g/mol. The zero-order valence-electron chi connectivity index (χ0n) is 8.91. The molecular weight excluding hydrogens is 236 g/mol. The van der Waals surface area contributed by atoms with Crippen LogP contribution in [0.15, 0.2) is 0 Å². The summed E-state index contributed by atoms with van der Waals surface area (Å²) < 4.78 is 22.2. The standard InChI is InChI=1S/C8H16N2O5S/c1-5(12)7(4-11)10-3-6(2-8(10)13)16(9,14)15/h5-7,11-12H,2-4H2,1H3,(H2,9,14,15)/t5-,6?,7-/m1/s1. The van der Waals surface area contributed by atoms with Crippen molar-refractivity contribution in [2.24, 2.45) is 5.14 Å². The summed E-state index contributed by atoms with van der Waals surface area (Å²) >= 11 is 0. The molecule has 16 heavy (non-hydrogen) atoms. The van der Waals surface area contributed by atoms with E-state index in [1.807, 2.05) is 0 Å². The molecule has 1 saturated heterocycles. The number of carbonyl (C=O) groups is 1. The topological polar surface area (TPSA) is 121 Å². The maximum atomic E-state index is 11.5. The number of nitrogens with two attached hydrogens (primary N) is 1. The number of hydrogen-bond donors (Lipinski definition) is 3. The van der Waals surface area contributed by atoms with Crippen molar-refractivity contribution in [1.29, 1.82) is 0 Å². The normalized spacial score (nSPS) is 25.9. The summed E-state index contributed by atoms with van der Waals surface area (Å²) in [5.41, 5.74) is 0. The van der Waals surface area contributed by atoms with E-state index in [4.69, 9.17) is 10.2 Å². The van der Waals surface area contributed by atoms with Crippen molar-refractivity contribution in [2.75, 3.05) is 13.2 Å². The van der Waals surface area contributed by atoms with E-state index in [2.05, 4.69) is 0 Å². The van der Waals surface area contributed by atoms with Crippen molar-refractivity contribution < 1.29 is 23.4 Å². The highest BCUT2D eigenvalue weighted by molar-refractivity contribution is 7.89. The number of carbonyl (C=O) groups excluding carboxylic acids is 1. The monoisotopic (exact) mass is 252 g/mol. The fraction of sp³-hybridized carbons (Fsp3) is 0.875. The first-order valence-electron chi connectivity index (χ1n) is 4.87. The molecule has 0 aromatic rings. The lowest BCUT2D eigenvalue weighted by Gasteiger charge is -2.28. The summed E-state index contributed by atoms with van der Waals surface area (Å²) in [5.74, 6) is -0.418. The lowest BCUT2D eigenvalue weighted by molar-refractivity contribution is -0.132. The molecule has 0 radical (unpaired) electrons. The van der Waals surface area contributed by atoms with Crippen LogP contribution < -0.4 is 5.14 Å². The predicted octanol–water partition coefficient (Wildman–Crippen LogP) is -2.38. The van der Waals surface area contributed by atoms with Crippen LogP contribution in [0.1, 0.15) is 13.3 Å². The van der Waals surface area contributed by atoms with Gasteiger partial charge >= 0.3 is 0 Å². The van der Waals surface area contributed by atoms with E-state index in [-0.39, 0.29) is 13.0 Å². The van der Waals surface area contributed by atoms with Gasteiger partial charge in [0.2, 0.25) is 15.9 Å². The number of sulfonamides is 1. The van der Waals surface area contributed by atoms with E-state index in [9.17, 15) is 18.3 Å². The quantitative estimate of drug-likeness (QED) is 0.516. The van der Waals surface area contributed by atoms with E-state index >= 15 is 0 Å². The highest BCUT2D eigenvalue weighted by Gasteiger charge is 2.40. The van der Waals surface area contributed by atoms with Crippen LogP contribution in [0, 0.1) is 0 Å². The molecule has 0 spiro atoms. The highest BCUT2D eigenvalue weighted by atomic mass is 32.2. The molecule has 1 aliphatic heterocycles. The SMILES string of the molecule is C[C@@H](O)[C@@H](CO)N1CC(S(N)(=O)=O)CC1=O. The van der Waals surface area contributed by atoms with Gasteiger partial charge in [0.05, 0.1) is 18.8 Å². The first kappa shape index (κ1) is 13.4. The molecule has 94 valence electrons. The Bertz CT molecular complexity index is 367. The van der Waals surface area contributed by atoms with Gasteiger partial charge in [0.1, 0.15) is 5.25 Å². The fourth-order valence-corrected chi connectivity index (χ4v) is 2.49. The van der Waals surface area contributed by atoms with Gasteiger partial charge in [-0.2, -0.15) is 0 Å². The summed E-state index contributed by atoms with van der Waals surface area (Å²) in [6, 6.07) is -0.778. The molecule has 8 heteroatoms. The molecule has 0 aliphatic carbocycles. The Morgan fingerprint density at radius 3 is 2.50 bits per heavy atom. The molecule has 7 nitrogen and oxygen atoms in total. The van der Waals surface area contributed by atoms with Gasteiger partial charge in [0, 0.05) is 13.0 Å². The predicted molar refractivity (Wildman–Crippen MR) is 55.8 cm³/mol. The average Bonchev–Trinajstić information content (AvgIpc) is 2.48. The van der Waals surface area contributed by atoms with E-state index in [0.29, 0.717) is 0 Å². The van der Waals surface area contributed by atoms with Gasteiger partial charge in [-0.15, -0.1) is 0 Å². The zero-order valence-corrected chi connectivity index (χ0v) is 9.72. The Balaban J connectivity index is 2.82. The van der Waals surface area contributed by atoms with E-state index in [1.54, 1.807) is 0 Å². The van der Waals surface area contributed by atoms with Gasteiger partial charge in [0.25, 0.3) is 0 Å². The van der Waals surface area contributed by atoms with Crippen molar-refractivity contribution in [2.45, 2.75) is 30.7 Å². The molecule has 1 aliphatic rings. The molecule has 3 atom stereocenters. The minimum absolute atomic E-state index is 0.0756. The number of hydrogen-bond acceptors (Lipinski definition) is 5. The number of nitrogens with zero attached hydrogens (tertiary/aromatic N) is 1. The van der Waals surface area contributed by atoms with E-state index in [1.165, 1.54) is 11.8 Å². The second kappa shape index (κ2) is 4.66. The van der Waals surface area contributed by atoms with Crippen molar-refractivity contribution in [3.8, 4) is 0 Å².